The van der Waals surface area contributed by atoms with Crippen LogP contribution in [0.15, 0.2) is 18.2 Å². The number of rotatable bonds is 4. The summed E-state index contributed by atoms with van der Waals surface area (Å²) in [5.41, 5.74) is 1.54. The minimum absolute atomic E-state index is 0.167. The minimum Gasteiger partial charge on any atom is -0.478 e. The van der Waals surface area contributed by atoms with Gasteiger partial charge < -0.3 is 15.7 Å². The molecule has 1 saturated carbocycles. The maximum Gasteiger partial charge on any atom is 0.335 e. The van der Waals surface area contributed by atoms with E-state index >= 15 is 0 Å². The molecule has 1 aromatic rings. The van der Waals surface area contributed by atoms with Crippen LogP contribution >= 0.6 is 0 Å². The van der Waals surface area contributed by atoms with Gasteiger partial charge in [-0.3, -0.25) is 0 Å². The number of hydrogen-bond donors (Lipinski definition) is 3. The lowest BCUT2D eigenvalue weighted by Gasteiger charge is -2.13. The Bertz CT molecular complexity index is 542. The first-order chi connectivity index (χ1) is 9.95. The van der Waals surface area contributed by atoms with Gasteiger partial charge in [-0.2, -0.15) is 0 Å². The molecule has 0 heterocycles. The highest BCUT2D eigenvalue weighted by Crippen LogP contribution is 2.29. The highest BCUT2D eigenvalue weighted by molar-refractivity contribution is 5.93. The smallest absolute Gasteiger partial charge is 0.335 e. The second-order valence-electron chi connectivity index (χ2n) is 5.95. The van der Waals surface area contributed by atoms with Gasteiger partial charge in [0.25, 0.3) is 0 Å². The van der Waals surface area contributed by atoms with E-state index in [0.717, 1.165) is 24.3 Å². The standard InChI is InChI=1S/C16H22N2O3/c1-10-3-5-12(7-10)9-17-16(21)18-14-8-13(15(19)20)6-4-11(14)2/h4,6,8,10,12H,3,5,7,9H2,1-2H3,(H,19,20)(H2,17,18,21). The summed E-state index contributed by atoms with van der Waals surface area (Å²) in [7, 11) is 0. The molecule has 0 saturated heterocycles. The van der Waals surface area contributed by atoms with Gasteiger partial charge in [0.15, 0.2) is 0 Å². The van der Waals surface area contributed by atoms with E-state index in [1.807, 2.05) is 6.92 Å². The van der Waals surface area contributed by atoms with Gasteiger partial charge in [0.2, 0.25) is 0 Å². The van der Waals surface area contributed by atoms with Gasteiger partial charge in [-0.1, -0.05) is 19.4 Å². The van der Waals surface area contributed by atoms with Crippen LogP contribution < -0.4 is 10.6 Å². The fourth-order valence-electron chi connectivity index (χ4n) is 2.80. The molecule has 1 aliphatic carbocycles. The number of urea groups is 1. The maximum absolute atomic E-state index is 11.9. The molecule has 21 heavy (non-hydrogen) atoms. The number of anilines is 1. The Balaban J connectivity index is 1.90. The van der Waals surface area contributed by atoms with Crippen LogP contribution in [0.4, 0.5) is 10.5 Å². The van der Waals surface area contributed by atoms with Crippen molar-refractivity contribution >= 4 is 17.7 Å². The Kier molecular flexibility index (Phi) is 4.83. The molecule has 1 fully saturated rings. The van der Waals surface area contributed by atoms with Crippen LogP contribution in [0.25, 0.3) is 0 Å². The van der Waals surface area contributed by atoms with E-state index in [0.29, 0.717) is 18.2 Å². The molecule has 5 heteroatoms. The Morgan fingerprint density at radius 1 is 1.33 bits per heavy atom. The minimum atomic E-state index is -1.00. The zero-order valence-corrected chi connectivity index (χ0v) is 12.5. The van der Waals surface area contributed by atoms with Crippen molar-refractivity contribution in [3.63, 3.8) is 0 Å². The molecular formula is C16H22N2O3. The summed E-state index contributed by atoms with van der Waals surface area (Å²) < 4.78 is 0. The summed E-state index contributed by atoms with van der Waals surface area (Å²) in [6.07, 6.45) is 3.55. The maximum atomic E-state index is 11.9. The quantitative estimate of drug-likeness (QED) is 0.796. The van der Waals surface area contributed by atoms with Crippen LogP contribution in [-0.2, 0) is 0 Å². The third kappa shape index (κ3) is 4.21. The van der Waals surface area contributed by atoms with Crippen molar-refractivity contribution in [1.29, 1.82) is 0 Å². The second kappa shape index (κ2) is 6.61. The summed E-state index contributed by atoms with van der Waals surface area (Å²) in [6.45, 7) is 4.74. The Morgan fingerprint density at radius 3 is 2.71 bits per heavy atom. The van der Waals surface area contributed by atoms with Gasteiger partial charge in [-0.05, 0) is 49.3 Å². The van der Waals surface area contributed by atoms with Crippen LogP contribution in [0.1, 0.15) is 42.1 Å². The first-order valence-corrected chi connectivity index (χ1v) is 7.34. The fourth-order valence-corrected chi connectivity index (χ4v) is 2.80. The normalized spacial score (nSPS) is 21.0. The average Bonchev–Trinajstić information content (AvgIpc) is 2.84. The van der Waals surface area contributed by atoms with Crippen LogP contribution in [0.5, 0.6) is 0 Å². The lowest BCUT2D eigenvalue weighted by atomic mass is 10.1. The predicted octanol–water partition coefficient (Wildman–Crippen LogP) is 3.25. The average molecular weight is 290 g/mol. The number of carbonyl (C=O) groups is 2. The van der Waals surface area contributed by atoms with E-state index in [4.69, 9.17) is 5.11 Å². The zero-order valence-electron chi connectivity index (χ0n) is 12.5. The molecule has 2 unspecified atom stereocenters. The summed E-state index contributed by atoms with van der Waals surface area (Å²) in [4.78, 5) is 22.9. The zero-order chi connectivity index (χ0) is 15.4. The van der Waals surface area contributed by atoms with E-state index in [1.165, 1.54) is 18.6 Å². The molecule has 2 rings (SSSR count). The number of carboxylic acid groups (broad SMARTS) is 1. The van der Waals surface area contributed by atoms with Crippen LogP contribution in [-0.4, -0.2) is 23.7 Å². The number of benzene rings is 1. The van der Waals surface area contributed by atoms with Gasteiger partial charge in [-0.15, -0.1) is 0 Å². The number of aryl methyl sites for hydroxylation is 1. The Labute approximate surface area is 124 Å². The van der Waals surface area contributed by atoms with Crippen molar-refractivity contribution in [3.8, 4) is 0 Å². The first kappa shape index (κ1) is 15.4. The molecule has 1 aliphatic rings. The number of amides is 2. The van der Waals surface area contributed by atoms with E-state index in [1.54, 1.807) is 6.07 Å². The fraction of sp³-hybridized carbons (Fsp3) is 0.500. The van der Waals surface area contributed by atoms with Crippen LogP contribution in [0.2, 0.25) is 0 Å². The number of hydrogen-bond acceptors (Lipinski definition) is 2. The third-order valence-corrected chi connectivity index (χ3v) is 4.09. The van der Waals surface area contributed by atoms with Gasteiger partial charge >= 0.3 is 12.0 Å². The highest BCUT2D eigenvalue weighted by atomic mass is 16.4. The van der Waals surface area contributed by atoms with Crippen LogP contribution in [0, 0.1) is 18.8 Å². The number of carboxylic acids is 1. The summed E-state index contributed by atoms with van der Waals surface area (Å²) in [5.74, 6) is 0.296. The molecule has 0 aliphatic heterocycles. The van der Waals surface area contributed by atoms with E-state index in [9.17, 15) is 9.59 Å². The number of nitrogens with one attached hydrogen (secondary N) is 2. The van der Waals surface area contributed by atoms with Gasteiger partial charge in [0, 0.05) is 12.2 Å². The Hall–Kier alpha value is -2.04. The van der Waals surface area contributed by atoms with Gasteiger partial charge in [0.1, 0.15) is 0 Å². The van der Waals surface area contributed by atoms with Gasteiger partial charge in [-0.25, -0.2) is 9.59 Å². The van der Waals surface area contributed by atoms with Gasteiger partial charge in [0.05, 0.1) is 5.56 Å². The first-order valence-electron chi connectivity index (χ1n) is 7.34. The van der Waals surface area contributed by atoms with E-state index in [-0.39, 0.29) is 11.6 Å². The number of carbonyl (C=O) groups excluding carboxylic acids is 1. The summed E-state index contributed by atoms with van der Waals surface area (Å²) in [5, 5.41) is 14.6. The van der Waals surface area contributed by atoms with Crippen molar-refractivity contribution < 1.29 is 14.7 Å². The molecule has 2 amide bonds. The molecular weight excluding hydrogens is 268 g/mol. The van der Waals surface area contributed by atoms with Crippen molar-refractivity contribution in [2.75, 3.05) is 11.9 Å². The van der Waals surface area contributed by atoms with Crippen molar-refractivity contribution in [2.45, 2.75) is 33.1 Å². The van der Waals surface area contributed by atoms with E-state index in [2.05, 4.69) is 17.6 Å². The molecule has 1 aromatic carbocycles. The van der Waals surface area contributed by atoms with E-state index < -0.39 is 5.97 Å². The highest BCUT2D eigenvalue weighted by Gasteiger charge is 2.21. The van der Waals surface area contributed by atoms with Crippen molar-refractivity contribution in [3.05, 3.63) is 29.3 Å². The second-order valence-corrected chi connectivity index (χ2v) is 5.95. The summed E-state index contributed by atoms with van der Waals surface area (Å²) in [6, 6.07) is 4.42. The van der Waals surface area contributed by atoms with Crippen LogP contribution in [0.3, 0.4) is 0 Å². The molecule has 0 radical (unpaired) electrons. The molecule has 0 bridgehead atoms. The number of aromatic carboxylic acids is 1. The van der Waals surface area contributed by atoms with Crippen molar-refractivity contribution in [2.24, 2.45) is 11.8 Å². The lowest BCUT2D eigenvalue weighted by Crippen LogP contribution is -2.32. The Morgan fingerprint density at radius 2 is 2.10 bits per heavy atom. The molecule has 0 spiro atoms. The lowest BCUT2D eigenvalue weighted by molar-refractivity contribution is 0.0697. The predicted molar refractivity (Wildman–Crippen MR) is 81.7 cm³/mol. The third-order valence-electron chi connectivity index (χ3n) is 4.09. The topological polar surface area (TPSA) is 78.4 Å². The molecule has 0 aromatic heterocycles. The largest absolute Gasteiger partial charge is 0.478 e. The SMILES string of the molecule is Cc1ccc(C(=O)O)cc1NC(=O)NCC1CCC(C)C1. The van der Waals surface area contributed by atoms with Crippen molar-refractivity contribution in [1.82, 2.24) is 5.32 Å². The molecule has 3 N–H and O–H groups in total. The molecule has 2 atom stereocenters. The summed E-state index contributed by atoms with van der Waals surface area (Å²) >= 11 is 0. The monoisotopic (exact) mass is 290 g/mol. The molecule has 5 nitrogen and oxygen atoms in total. The molecule has 114 valence electrons.